The van der Waals surface area contributed by atoms with Gasteiger partial charge in [-0.05, 0) is 25.0 Å². The van der Waals surface area contributed by atoms with Crippen LogP contribution in [0.15, 0.2) is 18.2 Å². The molecule has 0 radical (unpaired) electrons. The summed E-state index contributed by atoms with van der Waals surface area (Å²) in [5.41, 5.74) is 8.24. The fourth-order valence-electron chi connectivity index (χ4n) is 2.14. The van der Waals surface area contributed by atoms with Gasteiger partial charge in [-0.2, -0.15) is 0 Å². The maximum Gasteiger partial charge on any atom is 0.133 e. The van der Waals surface area contributed by atoms with Crippen molar-refractivity contribution in [1.29, 1.82) is 0 Å². The van der Waals surface area contributed by atoms with Crippen LogP contribution < -0.4 is 5.73 Å². The lowest BCUT2D eigenvalue weighted by molar-refractivity contribution is 0.00991. The van der Waals surface area contributed by atoms with E-state index < -0.39 is 6.23 Å². The summed E-state index contributed by atoms with van der Waals surface area (Å²) < 4.78 is 0. The summed E-state index contributed by atoms with van der Waals surface area (Å²) in [6.45, 7) is 3.15. The first-order chi connectivity index (χ1) is 7.59. The SMILES string of the molecule is Cc1c(N)cccc1C(O)N1CCC(O)C1. The number of nitrogens with two attached hydrogens (primary N) is 1. The summed E-state index contributed by atoms with van der Waals surface area (Å²) in [4.78, 5) is 1.87. The Hall–Kier alpha value is -1.10. The van der Waals surface area contributed by atoms with Gasteiger partial charge in [0, 0.05) is 24.3 Å². The monoisotopic (exact) mass is 222 g/mol. The Labute approximate surface area is 95.3 Å². The van der Waals surface area contributed by atoms with E-state index >= 15 is 0 Å². The van der Waals surface area contributed by atoms with E-state index in [1.165, 1.54) is 0 Å². The van der Waals surface area contributed by atoms with Crippen LogP contribution in [-0.4, -0.2) is 34.3 Å². The molecule has 2 unspecified atom stereocenters. The molecule has 1 aromatic carbocycles. The lowest BCUT2D eigenvalue weighted by Crippen LogP contribution is -2.27. The van der Waals surface area contributed by atoms with Crippen LogP contribution in [0, 0.1) is 6.92 Å². The Morgan fingerprint density at radius 2 is 2.25 bits per heavy atom. The number of β-amino-alcohol motifs (C(OH)–C–C–N with tert-alkyl or cyclic N) is 1. The zero-order chi connectivity index (χ0) is 11.7. The summed E-state index contributed by atoms with van der Waals surface area (Å²) in [6, 6.07) is 5.54. The zero-order valence-electron chi connectivity index (χ0n) is 9.43. The Morgan fingerprint density at radius 1 is 1.50 bits per heavy atom. The van der Waals surface area contributed by atoms with E-state index in [1.807, 2.05) is 30.0 Å². The lowest BCUT2D eigenvalue weighted by Gasteiger charge is -2.24. The molecule has 0 amide bonds. The third-order valence-electron chi connectivity index (χ3n) is 3.24. The normalized spacial score (nSPS) is 23.6. The quantitative estimate of drug-likeness (QED) is 0.642. The lowest BCUT2D eigenvalue weighted by atomic mass is 10.1. The third-order valence-corrected chi connectivity index (χ3v) is 3.24. The Kier molecular flexibility index (Phi) is 3.14. The number of hydrogen-bond acceptors (Lipinski definition) is 4. The molecule has 1 heterocycles. The molecule has 4 N–H and O–H groups in total. The van der Waals surface area contributed by atoms with E-state index in [0.29, 0.717) is 12.2 Å². The molecule has 0 spiro atoms. The van der Waals surface area contributed by atoms with E-state index in [0.717, 1.165) is 24.1 Å². The maximum atomic E-state index is 10.2. The molecular weight excluding hydrogens is 204 g/mol. The van der Waals surface area contributed by atoms with Crippen molar-refractivity contribution >= 4 is 5.69 Å². The van der Waals surface area contributed by atoms with Gasteiger partial charge in [0.2, 0.25) is 0 Å². The highest BCUT2D eigenvalue weighted by Gasteiger charge is 2.27. The highest BCUT2D eigenvalue weighted by Crippen LogP contribution is 2.27. The van der Waals surface area contributed by atoms with E-state index in [4.69, 9.17) is 5.73 Å². The van der Waals surface area contributed by atoms with Gasteiger partial charge in [0.25, 0.3) is 0 Å². The molecule has 1 aliphatic heterocycles. The van der Waals surface area contributed by atoms with Crippen LogP contribution in [0.25, 0.3) is 0 Å². The molecule has 1 aliphatic rings. The predicted molar refractivity (Wildman–Crippen MR) is 62.7 cm³/mol. The molecule has 16 heavy (non-hydrogen) atoms. The highest BCUT2D eigenvalue weighted by molar-refractivity contribution is 5.50. The van der Waals surface area contributed by atoms with Gasteiger partial charge in [-0.3, -0.25) is 4.90 Å². The second kappa shape index (κ2) is 4.41. The first kappa shape index (κ1) is 11.4. The smallest absolute Gasteiger partial charge is 0.133 e. The second-order valence-corrected chi connectivity index (χ2v) is 4.37. The van der Waals surface area contributed by atoms with Crippen molar-refractivity contribution in [3.63, 3.8) is 0 Å². The summed E-state index contributed by atoms with van der Waals surface area (Å²) >= 11 is 0. The molecule has 0 bridgehead atoms. The van der Waals surface area contributed by atoms with Crippen molar-refractivity contribution in [3.05, 3.63) is 29.3 Å². The van der Waals surface area contributed by atoms with Crippen molar-refractivity contribution in [2.45, 2.75) is 25.7 Å². The van der Waals surface area contributed by atoms with Crippen LogP contribution in [0.1, 0.15) is 23.8 Å². The van der Waals surface area contributed by atoms with Crippen LogP contribution in [0.3, 0.4) is 0 Å². The van der Waals surface area contributed by atoms with Gasteiger partial charge in [-0.1, -0.05) is 12.1 Å². The zero-order valence-corrected chi connectivity index (χ0v) is 9.43. The number of rotatable bonds is 2. The number of likely N-dealkylation sites (tertiary alicyclic amines) is 1. The van der Waals surface area contributed by atoms with Crippen molar-refractivity contribution in [3.8, 4) is 0 Å². The minimum Gasteiger partial charge on any atom is -0.399 e. The van der Waals surface area contributed by atoms with Gasteiger partial charge < -0.3 is 15.9 Å². The number of nitrogen functional groups attached to an aromatic ring is 1. The van der Waals surface area contributed by atoms with Crippen LogP contribution in [0.4, 0.5) is 5.69 Å². The van der Waals surface area contributed by atoms with Gasteiger partial charge in [0.15, 0.2) is 0 Å². The molecule has 4 heteroatoms. The van der Waals surface area contributed by atoms with E-state index in [1.54, 1.807) is 0 Å². The number of hydrogen-bond donors (Lipinski definition) is 3. The molecule has 88 valence electrons. The van der Waals surface area contributed by atoms with Gasteiger partial charge in [-0.25, -0.2) is 0 Å². The van der Waals surface area contributed by atoms with Crippen LogP contribution in [0.2, 0.25) is 0 Å². The number of aliphatic hydroxyl groups excluding tert-OH is 2. The van der Waals surface area contributed by atoms with Gasteiger partial charge in [-0.15, -0.1) is 0 Å². The average molecular weight is 222 g/mol. The fraction of sp³-hybridized carbons (Fsp3) is 0.500. The molecule has 0 aromatic heterocycles. The summed E-state index contributed by atoms with van der Waals surface area (Å²) in [6.07, 6.45) is -0.269. The van der Waals surface area contributed by atoms with Gasteiger partial charge in [0.05, 0.1) is 6.10 Å². The summed E-state index contributed by atoms with van der Waals surface area (Å²) in [7, 11) is 0. The topological polar surface area (TPSA) is 69.7 Å². The van der Waals surface area contributed by atoms with E-state index in [-0.39, 0.29) is 6.10 Å². The summed E-state index contributed by atoms with van der Waals surface area (Å²) in [5, 5.41) is 19.6. The predicted octanol–water partition coefficient (Wildman–Crippen LogP) is 0.635. The molecule has 0 saturated carbocycles. The number of benzene rings is 1. The van der Waals surface area contributed by atoms with Crippen LogP contribution in [-0.2, 0) is 0 Å². The molecule has 1 saturated heterocycles. The molecule has 0 aliphatic carbocycles. The Bertz CT molecular complexity index is 381. The Morgan fingerprint density at radius 3 is 2.88 bits per heavy atom. The largest absolute Gasteiger partial charge is 0.399 e. The summed E-state index contributed by atoms with van der Waals surface area (Å²) in [5.74, 6) is 0. The number of aliphatic hydroxyl groups is 2. The van der Waals surface area contributed by atoms with Crippen LogP contribution >= 0.6 is 0 Å². The van der Waals surface area contributed by atoms with E-state index in [9.17, 15) is 10.2 Å². The number of anilines is 1. The van der Waals surface area contributed by atoms with Crippen molar-refractivity contribution in [2.24, 2.45) is 0 Å². The first-order valence-electron chi connectivity index (χ1n) is 5.54. The molecule has 4 nitrogen and oxygen atoms in total. The van der Waals surface area contributed by atoms with Crippen LogP contribution in [0.5, 0.6) is 0 Å². The fourth-order valence-corrected chi connectivity index (χ4v) is 2.14. The highest BCUT2D eigenvalue weighted by atomic mass is 16.3. The molecule has 2 rings (SSSR count). The molecule has 1 aromatic rings. The minimum absolute atomic E-state index is 0.323. The molecule has 2 atom stereocenters. The van der Waals surface area contributed by atoms with Gasteiger partial charge in [0.1, 0.15) is 6.23 Å². The average Bonchev–Trinajstić information content (AvgIpc) is 2.68. The second-order valence-electron chi connectivity index (χ2n) is 4.37. The van der Waals surface area contributed by atoms with Gasteiger partial charge >= 0.3 is 0 Å². The standard InChI is InChI=1S/C12H18N2O2/c1-8-10(3-2-4-11(8)13)12(16)14-6-5-9(15)7-14/h2-4,9,12,15-16H,5-7,13H2,1H3. The minimum atomic E-state index is -0.666. The maximum absolute atomic E-state index is 10.2. The van der Waals surface area contributed by atoms with Crippen molar-refractivity contribution < 1.29 is 10.2 Å². The number of nitrogens with zero attached hydrogens (tertiary/aromatic N) is 1. The van der Waals surface area contributed by atoms with Crippen molar-refractivity contribution in [2.75, 3.05) is 18.8 Å². The molecule has 1 fully saturated rings. The van der Waals surface area contributed by atoms with E-state index in [2.05, 4.69) is 0 Å². The molecular formula is C12H18N2O2. The van der Waals surface area contributed by atoms with Crippen molar-refractivity contribution in [1.82, 2.24) is 4.90 Å². The first-order valence-corrected chi connectivity index (χ1v) is 5.54. The third kappa shape index (κ3) is 2.04. The Balaban J connectivity index is 2.20.